The highest BCUT2D eigenvalue weighted by molar-refractivity contribution is 5.83. The van der Waals surface area contributed by atoms with Gasteiger partial charge >= 0.3 is 0 Å². The van der Waals surface area contributed by atoms with Crippen LogP contribution in [-0.4, -0.2) is 41.2 Å². The van der Waals surface area contributed by atoms with E-state index in [1.165, 1.54) is 0 Å². The molecule has 1 aromatic rings. The number of amides is 1. The SMILES string of the molecule is CCC[C@@H]1O[C@H]1C(=O)N(C)[C@@H](C)[C@@H](O)c1ccccc1. The number of nitrogens with zero attached hydrogens (tertiary/aromatic N) is 1. The molecule has 4 heteroatoms. The highest BCUT2D eigenvalue weighted by Gasteiger charge is 2.46. The molecule has 1 amide bonds. The zero-order valence-corrected chi connectivity index (χ0v) is 12.3. The van der Waals surface area contributed by atoms with Gasteiger partial charge in [0.25, 0.3) is 5.91 Å². The van der Waals surface area contributed by atoms with E-state index in [9.17, 15) is 9.90 Å². The molecule has 0 aromatic heterocycles. The molecule has 4 atom stereocenters. The van der Waals surface area contributed by atoms with Crippen molar-refractivity contribution < 1.29 is 14.6 Å². The summed E-state index contributed by atoms with van der Waals surface area (Å²) in [7, 11) is 1.73. The summed E-state index contributed by atoms with van der Waals surface area (Å²) < 4.78 is 5.40. The number of rotatable bonds is 6. The summed E-state index contributed by atoms with van der Waals surface area (Å²) >= 11 is 0. The maximum Gasteiger partial charge on any atom is 0.254 e. The molecule has 0 aliphatic carbocycles. The summed E-state index contributed by atoms with van der Waals surface area (Å²) in [6.07, 6.45) is 0.996. The fourth-order valence-electron chi connectivity index (χ4n) is 2.41. The maximum absolute atomic E-state index is 12.3. The summed E-state index contributed by atoms with van der Waals surface area (Å²) in [5.41, 5.74) is 0.821. The highest BCUT2D eigenvalue weighted by atomic mass is 16.6. The Hall–Kier alpha value is -1.39. The van der Waals surface area contributed by atoms with Gasteiger partial charge in [-0.2, -0.15) is 0 Å². The van der Waals surface area contributed by atoms with Crippen LogP contribution in [0.4, 0.5) is 0 Å². The molecule has 110 valence electrons. The van der Waals surface area contributed by atoms with Crippen LogP contribution in [0.25, 0.3) is 0 Å². The summed E-state index contributed by atoms with van der Waals surface area (Å²) in [5.74, 6) is -0.0362. The summed E-state index contributed by atoms with van der Waals surface area (Å²) in [6, 6.07) is 9.13. The maximum atomic E-state index is 12.3. The third kappa shape index (κ3) is 3.19. The van der Waals surface area contributed by atoms with E-state index in [4.69, 9.17) is 4.74 Å². The van der Waals surface area contributed by atoms with Crippen molar-refractivity contribution in [1.29, 1.82) is 0 Å². The van der Waals surface area contributed by atoms with Crippen molar-refractivity contribution in [2.45, 2.75) is 51.0 Å². The number of hydrogen-bond acceptors (Lipinski definition) is 3. The normalized spacial score (nSPS) is 24.0. The van der Waals surface area contributed by atoms with Gasteiger partial charge < -0.3 is 14.7 Å². The Balaban J connectivity index is 1.95. The summed E-state index contributed by atoms with van der Waals surface area (Å²) in [6.45, 7) is 3.93. The number of carbonyl (C=O) groups excluding carboxylic acids is 1. The van der Waals surface area contributed by atoms with E-state index in [0.717, 1.165) is 18.4 Å². The van der Waals surface area contributed by atoms with Crippen LogP contribution >= 0.6 is 0 Å². The molecule has 1 aliphatic heterocycles. The van der Waals surface area contributed by atoms with Crippen LogP contribution in [-0.2, 0) is 9.53 Å². The number of aliphatic hydroxyl groups excluding tert-OH is 1. The Bertz CT molecular complexity index is 448. The third-order valence-electron chi connectivity index (χ3n) is 3.96. The van der Waals surface area contributed by atoms with E-state index < -0.39 is 6.10 Å². The molecule has 0 radical (unpaired) electrons. The highest BCUT2D eigenvalue weighted by Crippen LogP contribution is 2.30. The number of benzene rings is 1. The van der Waals surface area contributed by atoms with E-state index in [1.54, 1.807) is 11.9 Å². The monoisotopic (exact) mass is 277 g/mol. The Morgan fingerprint density at radius 3 is 2.65 bits per heavy atom. The van der Waals surface area contributed by atoms with Crippen LogP contribution in [0.15, 0.2) is 30.3 Å². The van der Waals surface area contributed by atoms with Crippen molar-refractivity contribution in [3.8, 4) is 0 Å². The Morgan fingerprint density at radius 2 is 2.05 bits per heavy atom. The second-order valence-corrected chi connectivity index (χ2v) is 5.43. The lowest BCUT2D eigenvalue weighted by molar-refractivity contribution is -0.135. The average molecular weight is 277 g/mol. The number of likely N-dealkylation sites (N-methyl/N-ethyl adjacent to an activating group) is 1. The molecule has 1 heterocycles. The van der Waals surface area contributed by atoms with Crippen molar-refractivity contribution in [2.75, 3.05) is 7.05 Å². The first-order valence-corrected chi connectivity index (χ1v) is 7.21. The lowest BCUT2D eigenvalue weighted by Crippen LogP contribution is -2.41. The number of epoxide rings is 1. The van der Waals surface area contributed by atoms with Crippen LogP contribution in [0.2, 0.25) is 0 Å². The van der Waals surface area contributed by atoms with Crippen molar-refractivity contribution in [2.24, 2.45) is 0 Å². The van der Waals surface area contributed by atoms with Crippen LogP contribution in [0.1, 0.15) is 38.4 Å². The number of ether oxygens (including phenoxy) is 1. The van der Waals surface area contributed by atoms with Crippen molar-refractivity contribution in [3.05, 3.63) is 35.9 Å². The summed E-state index contributed by atoms with van der Waals surface area (Å²) in [4.78, 5) is 13.9. The quantitative estimate of drug-likeness (QED) is 0.810. The minimum Gasteiger partial charge on any atom is -0.386 e. The number of carbonyl (C=O) groups is 1. The molecule has 0 saturated carbocycles. The van der Waals surface area contributed by atoms with Gasteiger partial charge in [0.1, 0.15) is 0 Å². The average Bonchev–Trinajstić information content (AvgIpc) is 3.24. The molecule has 1 N–H and O–H groups in total. The van der Waals surface area contributed by atoms with E-state index >= 15 is 0 Å². The molecular weight excluding hydrogens is 254 g/mol. The smallest absolute Gasteiger partial charge is 0.254 e. The zero-order chi connectivity index (χ0) is 14.7. The van der Waals surface area contributed by atoms with E-state index in [-0.39, 0.29) is 24.2 Å². The van der Waals surface area contributed by atoms with Gasteiger partial charge in [0.2, 0.25) is 0 Å². The van der Waals surface area contributed by atoms with Crippen molar-refractivity contribution >= 4 is 5.91 Å². The minimum absolute atomic E-state index is 0.0362. The second kappa shape index (κ2) is 6.37. The van der Waals surface area contributed by atoms with E-state index in [0.29, 0.717) is 0 Å². The third-order valence-corrected chi connectivity index (χ3v) is 3.96. The van der Waals surface area contributed by atoms with Crippen molar-refractivity contribution in [1.82, 2.24) is 4.90 Å². The number of aliphatic hydroxyl groups is 1. The molecule has 4 nitrogen and oxygen atoms in total. The molecule has 0 unspecified atom stereocenters. The van der Waals surface area contributed by atoms with Crippen molar-refractivity contribution in [3.63, 3.8) is 0 Å². The largest absolute Gasteiger partial charge is 0.386 e. The molecule has 1 aromatic carbocycles. The molecule has 0 bridgehead atoms. The fourth-order valence-corrected chi connectivity index (χ4v) is 2.41. The zero-order valence-electron chi connectivity index (χ0n) is 12.3. The lowest BCUT2D eigenvalue weighted by Gasteiger charge is -2.29. The first-order chi connectivity index (χ1) is 9.56. The standard InChI is InChI=1S/C16H23NO3/c1-4-8-13-15(20-13)16(19)17(3)11(2)14(18)12-9-6-5-7-10-12/h5-7,9-11,13-15,18H,4,8H2,1-3H3/t11-,13-,14+,15+/m0/s1. The first-order valence-electron chi connectivity index (χ1n) is 7.21. The van der Waals surface area contributed by atoms with Gasteiger partial charge in [-0.15, -0.1) is 0 Å². The van der Waals surface area contributed by atoms with E-state index in [1.807, 2.05) is 37.3 Å². The molecule has 1 fully saturated rings. The van der Waals surface area contributed by atoms with Gasteiger partial charge in [-0.1, -0.05) is 43.7 Å². The van der Waals surface area contributed by atoms with Gasteiger partial charge in [-0.3, -0.25) is 4.79 Å². The van der Waals surface area contributed by atoms with Gasteiger partial charge in [-0.05, 0) is 18.9 Å². The van der Waals surface area contributed by atoms with Gasteiger partial charge in [0.05, 0.1) is 18.2 Å². The van der Waals surface area contributed by atoms with Crippen LogP contribution in [0, 0.1) is 0 Å². The van der Waals surface area contributed by atoms with Crippen LogP contribution in [0.3, 0.4) is 0 Å². The van der Waals surface area contributed by atoms with E-state index in [2.05, 4.69) is 6.92 Å². The number of hydrogen-bond donors (Lipinski definition) is 1. The molecule has 1 aliphatic rings. The molecule has 20 heavy (non-hydrogen) atoms. The molecule has 1 saturated heterocycles. The van der Waals surface area contributed by atoms with Crippen LogP contribution < -0.4 is 0 Å². The van der Waals surface area contributed by atoms with Crippen LogP contribution in [0.5, 0.6) is 0 Å². The fraction of sp³-hybridized carbons (Fsp3) is 0.562. The van der Waals surface area contributed by atoms with Gasteiger partial charge in [0.15, 0.2) is 6.10 Å². The predicted molar refractivity (Wildman–Crippen MR) is 77.2 cm³/mol. The predicted octanol–water partition coefficient (Wildman–Crippen LogP) is 2.13. The Kier molecular flexibility index (Phi) is 4.78. The van der Waals surface area contributed by atoms with Gasteiger partial charge in [-0.25, -0.2) is 0 Å². The Morgan fingerprint density at radius 1 is 1.40 bits per heavy atom. The topological polar surface area (TPSA) is 53.1 Å². The molecular formula is C16H23NO3. The molecule has 0 spiro atoms. The lowest BCUT2D eigenvalue weighted by atomic mass is 10.0. The Labute approximate surface area is 120 Å². The second-order valence-electron chi connectivity index (χ2n) is 5.43. The van der Waals surface area contributed by atoms with Gasteiger partial charge in [0, 0.05) is 7.05 Å². The minimum atomic E-state index is -0.687. The first kappa shape index (κ1) is 15.0. The molecule has 2 rings (SSSR count). The summed E-state index contributed by atoms with van der Waals surface area (Å²) in [5, 5.41) is 10.3.